The summed E-state index contributed by atoms with van der Waals surface area (Å²) < 4.78 is 11.4. The van der Waals surface area contributed by atoms with Crippen molar-refractivity contribution in [3.63, 3.8) is 0 Å². The summed E-state index contributed by atoms with van der Waals surface area (Å²) >= 11 is 0. The summed E-state index contributed by atoms with van der Waals surface area (Å²) in [5.41, 5.74) is 5.12. The average molecular weight is 298 g/mol. The number of unbranched alkanes of at least 4 members (excludes halogenated alkanes) is 1. The Balaban J connectivity index is 1.72. The molecule has 2 aliphatic rings. The topological polar surface area (TPSA) is 73.6 Å². The van der Waals surface area contributed by atoms with Crippen molar-refractivity contribution in [2.45, 2.75) is 76.0 Å². The SMILES string of the molecule is CCCCOCCOC1CCCC(NC2CC2)(C(N)=O)C1. The Bertz CT molecular complexity index is 333. The van der Waals surface area contributed by atoms with Crippen molar-refractivity contribution in [3.8, 4) is 0 Å². The lowest BCUT2D eigenvalue weighted by Crippen LogP contribution is -2.59. The van der Waals surface area contributed by atoms with Gasteiger partial charge in [0.1, 0.15) is 5.54 Å². The van der Waals surface area contributed by atoms with Crippen molar-refractivity contribution in [1.29, 1.82) is 0 Å². The second-order valence-corrected chi connectivity index (χ2v) is 6.42. The number of hydrogen-bond acceptors (Lipinski definition) is 4. The molecule has 5 nitrogen and oxygen atoms in total. The van der Waals surface area contributed by atoms with E-state index in [9.17, 15) is 4.79 Å². The molecule has 2 saturated carbocycles. The highest BCUT2D eigenvalue weighted by Crippen LogP contribution is 2.33. The van der Waals surface area contributed by atoms with Crippen LogP contribution >= 0.6 is 0 Å². The van der Waals surface area contributed by atoms with Gasteiger partial charge in [0.25, 0.3) is 0 Å². The zero-order chi connectivity index (χ0) is 15.1. The Morgan fingerprint density at radius 1 is 1.29 bits per heavy atom. The number of nitrogens with one attached hydrogen (secondary N) is 1. The highest BCUT2D eigenvalue weighted by atomic mass is 16.5. The highest BCUT2D eigenvalue weighted by Gasteiger charge is 2.44. The van der Waals surface area contributed by atoms with Crippen LogP contribution in [0.25, 0.3) is 0 Å². The lowest BCUT2D eigenvalue weighted by atomic mass is 9.79. The van der Waals surface area contributed by atoms with Gasteiger partial charge in [0.15, 0.2) is 0 Å². The first-order valence-corrected chi connectivity index (χ1v) is 8.43. The molecule has 0 radical (unpaired) electrons. The van der Waals surface area contributed by atoms with E-state index in [1.165, 1.54) is 0 Å². The second kappa shape index (κ2) is 8.11. The third-order valence-electron chi connectivity index (χ3n) is 4.46. The second-order valence-electron chi connectivity index (χ2n) is 6.42. The molecule has 2 aliphatic carbocycles. The monoisotopic (exact) mass is 298 g/mol. The van der Waals surface area contributed by atoms with E-state index in [4.69, 9.17) is 15.2 Å². The molecule has 3 N–H and O–H groups in total. The van der Waals surface area contributed by atoms with Gasteiger partial charge in [0.2, 0.25) is 5.91 Å². The van der Waals surface area contributed by atoms with Gasteiger partial charge in [-0.25, -0.2) is 0 Å². The molecule has 21 heavy (non-hydrogen) atoms. The van der Waals surface area contributed by atoms with E-state index in [2.05, 4.69) is 12.2 Å². The Morgan fingerprint density at radius 3 is 2.76 bits per heavy atom. The lowest BCUT2D eigenvalue weighted by molar-refractivity contribution is -0.129. The smallest absolute Gasteiger partial charge is 0.237 e. The zero-order valence-corrected chi connectivity index (χ0v) is 13.2. The van der Waals surface area contributed by atoms with Gasteiger partial charge in [-0.15, -0.1) is 0 Å². The number of carbonyl (C=O) groups is 1. The normalized spacial score (nSPS) is 29.5. The maximum atomic E-state index is 11.9. The third kappa shape index (κ3) is 5.24. The van der Waals surface area contributed by atoms with Crippen molar-refractivity contribution >= 4 is 5.91 Å². The van der Waals surface area contributed by atoms with Gasteiger partial charge in [-0.1, -0.05) is 13.3 Å². The van der Waals surface area contributed by atoms with Crippen molar-refractivity contribution in [2.75, 3.05) is 19.8 Å². The quantitative estimate of drug-likeness (QED) is 0.603. The highest BCUT2D eigenvalue weighted by molar-refractivity contribution is 5.85. The molecule has 122 valence electrons. The lowest BCUT2D eigenvalue weighted by Gasteiger charge is -2.39. The van der Waals surface area contributed by atoms with Gasteiger partial charge in [-0.2, -0.15) is 0 Å². The number of amides is 1. The molecule has 5 heteroatoms. The van der Waals surface area contributed by atoms with Gasteiger partial charge in [0.05, 0.1) is 19.3 Å². The molecule has 0 spiro atoms. The van der Waals surface area contributed by atoms with E-state index in [0.717, 1.165) is 51.6 Å². The van der Waals surface area contributed by atoms with Crippen LogP contribution in [0.1, 0.15) is 58.3 Å². The van der Waals surface area contributed by atoms with E-state index in [1.807, 2.05) is 0 Å². The molecular formula is C16H30N2O3. The molecule has 1 amide bonds. The van der Waals surface area contributed by atoms with Crippen LogP contribution in [-0.4, -0.2) is 43.4 Å². The Labute approximate surface area is 127 Å². The van der Waals surface area contributed by atoms with Crippen LogP contribution in [0.4, 0.5) is 0 Å². The predicted octanol–water partition coefficient (Wildman–Crippen LogP) is 1.74. The first-order valence-electron chi connectivity index (χ1n) is 8.43. The summed E-state index contributed by atoms with van der Waals surface area (Å²) in [6, 6.07) is 0.480. The number of carbonyl (C=O) groups excluding carboxylic acids is 1. The predicted molar refractivity (Wildman–Crippen MR) is 82.0 cm³/mol. The molecule has 0 aromatic carbocycles. The summed E-state index contributed by atoms with van der Waals surface area (Å²) in [5, 5.41) is 3.47. The summed E-state index contributed by atoms with van der Waals surface area (Å²) in [6.07, 6.45) is 8.22. The van der Waals surface area contributed by atoms with Crippen LogP contribution < -0.4 is 11.1 Å². The Hall–Kier alpha value is -0.650. The largest absolute Gasteiger partial charge is 0.379 e. The fourth-order valence-electron chi connectivity index (χ4n) is 3.03. The van der Waals surface area contributed by atoms with Crippen LogP contribution in [-0.2, 0) is 14.3 Å². The van der Waals surface area contributed by atoms with E-state index in [1.54, 1.807) is 0 Å². The fourth-order valence-corrected chi connectivity index (χ4v) is 3.03. The van der Waals surface area contributed by atoms with Crippen molar-refractivity contribution in [1.82, 2.24) is 5.32 Å². The van der Waals surface area contributed by atoms with E-state index < -0.39 is 5.54 Å². The molecule has 2 rings (SSSR count). The molecule has 0 bridgehead atoms. The first-order chi connectivity index (χ1) is 10.2. The van der Waals surface area contributed by atoms with Gasteiger partial charge < -0.3 is 20.5 Å². The van der Waals surface area contributed by atoms with Gasteiger partial charge >= 0.3 is 0 Å². The van der Waals surface area contributed by atoms with Crippen molar-refractivity contribution in [3.05, 3.63) is 0 Å². The van der Waals surface area contributed by atoms with Crippen LogP contribution in [0, 0.1) is 0 Å². The molecule has 2 fully saturated rings. The molecular weight excluding hydrogens is 268 g/mol. The number of primary amides is 1. The number of hydrogen-bond donors (Lipinski definition) is 2. The van der Waals surface area contributed by atoms with Gasteiger partial charge in [-0.3, -0.25) is 4.79 Å². The maximum Gasteiger partial charge on any atom is 0.237 e. The zero-order valence-electron chi connectivity index (χ0n) is 13.2. The van der Waals surface area contributed by atoms with Crippen molar-refractivity contribution in [2.24, 2.45) is 5.73 Å². The minimum absolute atomic E-state index is 0.118. The summed E-state index contributed by atoms with van der Waals surface area (Å²) in [5.74, 6) is -0.220. The van der Waals surface area contributed by atoms with E-state index in [-0.39, 0.29) is 12.0 Å². The average Bonchev–Trinajstić information content (AvgIpc) is 3.27. The third-order valence-corrected chi connectivity index (χ3v) is 4.46. The molecule has 0 aromatic heterocycles. The van der Waals surface area contributed by atoms with Gasteiger partial charge in [-0.05, 0) is 38.5 Å². The fraction of sp³-hybridized carbons (Fsp3) is 0.938. The van der Waals surface area contributed by atoms with Crippen LogP contribution in [0.3, 0.4) is 0 Å². The molecule has 0 aliphatic heterocycles. The first kappa shape index (κ1) is 16.7. The molecule has 2 unspecified atom stereocenters. The minimum Gasteiger partial charge on any atom is -0.379 e. The van der Waals surface area contributed by atoms with Crippen LogP contribution in [0.5, 0.6) is 0 Å². The van der Waals surface area contributed by atoms with Gasteiger partial charge in [0, 0.05) is 19.1 Å². The summed E-state index contributed by atoms with van der Waals surface area (Å²) in [7, 11) is 0. The maximum absolute atomic E-state index is 11.9. The molecule has 0 saturated heterocycles. The summed E-state index contributed by atoms with van der Waals surface area (Å²) in [6.45, 7) is 4.19. The number of rotatable bonds is 10. The number of nitrogens with two attached hydrogens (primary N) is 1. The minimum atomic E-state index is -0.548. The Morgan fingerprint density at radius 2 is 2.10 bits per heavy atom. The van der Waals surface area contributed by atoms with E-state index in [0.29, 0.717) is 25.7 Å². The number of ether oxygens (including phenoxy) is 2. The molecule has 2 atom stereocenters. The molecule has 0 aromatic rings. The standard InChI is InChI=1S/C16H30N2O3/c1-2-3-9-20-10-11-21-14-5-4-8-16(12-14,15(17)19)18-13-6-7-13/h13-14,18H,2-12H2,1H3,(H2,17,19). The molecule has 0 heterocycles. The van der Waals surface area contributed by atoms with Crippen LogP contribution in [0.15, 0.2) is 0 Å². The van der Waals surface area contributed by atoms with Crippen molar-refractivity contribution < 1.29 is 14.3 Å². The Kier molecular flexibility index (Phi) is 6.45. The van der Waals surface area contributed by atoms with Crippen LogP contribution in [0.2, 0.25) is 0 Å². The van der Waals surface area contributed by atoms with E-state index >= 15 is 0 Å². The summed E-state index contributed by atoms with van der Waals surface area (Å²) in [4.78, 5) is 11.9.